The first-order valence-corrected chi connectivity index (χ1v) is 17.3. The van der Waals surface area contributed by atoms with Crippen molar-refractivity contribution in [3.05, 3.63) is 92.2 Å². The second-order valence-corrected chi connectivity index (χ2v) is 13.4. The summed E-state index contributed by atoms with van der Waals surface area (Å²) in [6, 6.07) is 2.01. The van der Waals surface area contributed by atoms with Crippen molar-refractivity contribution < 1.29 is 58.9 Å². The molecule has 0 saturated carbocycles. The number of benzene rings is 2. The van der Waals surface area contributed by atoms with Crippen molar-refractivity contribution in [3.8, 4) is 11.1 Å². The Morgan fingerprint density at radius 1 is 0.852 bits per heavy atom. The molecule has 1 atom stereocenters. The van der Waals surface area contributed by atoms with Crippen LogP contribution in [0.1, 0.15) is 78.8 Å². The molecular formula is C37H40F9N3O5. The number of halogens is 9. The van der Waals surface area contributed by atoms with Gasteiger partial charge in [-0.05, 0) is 72.6 Å². The maximum atomic E-state index is 15.2. The lowest BCUT2D eigenvalue weighted by Gasteiger charge is -2.38. The first-order valence-electron chi connectivity index (χ1n) is 17.3. The Balaban J connectivity index is 1.42. The Morgan fingerprint density at radius 3 is 2.11 bits per heavy atom. The number of nitrogens with two attached hydrogens (primary N) is 1. The van der Waals surface area contributed by atoms with Gasteiger partial charge in [-0.2, -0.15) is 26.3 Å². The number of hydrogen-bond donors (Lipinski definition) is 2. The van der Waals surface area contributed by atoms with E-state index in [1.54, 1.807) is 0 Å². The molecule has 1 saturated heterocycles. The van der Waals surface area contributed by atoms with Gasteiger partial charge in [0.15, 0.2) is 0 Å². The summed E-state index contributed by atoms with van der Waals surface area (Å²) in [7, 11) is 1.54. The maximum Gasteiger partial charge on any atom is 0.419 e. The molecule has 2 aromatic carbocycles. The van der Waals surface area contributed by atoms with Crippen LogP contribution in [0, 0.1) is 17.5 Å². The molecule has 1 aromatic heterocycles. The standard InChI is InChI=1S/C37H40F9N3O5/c1-54-26-19-48(20-26)12-11-23-18-49(31(50)17-27(23)36(41,42)43)30(35(47)53)8-6-4-2-3-5-7-21-14-25(38)16-29(39)33(21)24-13-22(9-10-32(51)52)34(40)28(15-24)37(44,45)46/h13-18,26,30H,2-12,19-20H2,1H3,(H2,47,53)(H,51,52). The van der Waals surface area contributed by atoms with E-state index in [1.165, 1.54) is 7.11 Å². The van der Waals surface area contributed by atoms with Gasteiger partial charge < -0.3 is 20.1 Å². The van der Waals surface area contributed by atoms with Crippen molar-refractivity contribution in [1.82, 2.24) is 9.47 Å². The number of carbonyl (C=O) groups excluding carboxylic acids is 1. The Hall–Kier alpha value is -4.38. The molecule has 1 unspecified atom stereocenters. The first-order chi connectivity index (χ1) is 25.3. The number of hydrogen-bond acceptors (Lipinski definition) is 5. The zero-order valence-corrected chi connectivity index (χ0v) is 29.3. The van der Waals surface area contributed by atoms with E-state index in [0.717, 1.165) is 22.9 Å². The molecule has 54 heavy (non-hydrogen) atoms. The van der Waals surface area contributed by atoms with Crippen molar-refractivity contribution in [2.75, 3.05) is 26.7 Å². The van der Waals surface area contributed by atoms with Gasteiger partial charge in [-0.3, -0.25) is 19.3 Å². The normalized spacial score (nSPS) is 14.6. The number of carbonyl (C=O) groups is 2. The van der Waals surface area contributed by atoms with E-state index in [4.69, 9.17) is 15.6 Å². The van der Waals surface area contributed by atoms with Crippen molar-refractivity contribution in [2.24, 2.45) is 5.73 Å². The molecule has 1 fully saturated rings. The van der Waals surface area contributed by atoms with Crippen LogP contribution in [-0.4, -0.2) is 59.3 Å². The number of alkyl halides is 6. The number of rotatable bonds is 18. The predicted molar refractivity (Wildman–Crippen MR) is 179 cm³/mol. The summed E-state index contributed by atoms with van der Waals surface area (Å²) in [5, 5.41) is 8.97. The van der Waals surface area contributed by atoms with E-state index in [9.17, 15) is 49.5 Å². The molecule has 3 N–H and O–H groups in total. The van der Waals surface area contributed by atoms with E-state index in [1.807, 2.05) is 4.90 Å². The highest BCUT2D eigenvalue weighted by Crippen LogP contribution is 2.39. The van der Waals surface area contributed by atoms with Crippen LogP contribution in [0.15, 0.2) is 41.3 Å². The van der Waals surface area contributed by atoms with Crippen LogP contribution in [0.2, 0.25) is 0 Å². The zero-order valence-electron chi connectivity index (χ0n) is 29.3. The van der Waals surface area contributed by atoms with Gasteiger partial charge >= 0.3 is 18.3 Å². The summed E-state index contributed by atoms with van der Waals surface area (Å²) in [5.41, 5.74) is 0.227. The van der Waals surface area contributed by atoms with E-state index >= 15 is 4.39 Å². The number of primary amides is 1. The van der Waals surface area contributed by atoms with Gasteiger partial charge in [0.25, 0.3) is 5.56 Å². The number of carboxylic acid groups (broad SMARTS) is 1. The molecule has 1 aliphatic rings. The molecule has 0 bridgehead atoms. The van der Waals surface area contributed by atoms with Gasteiger partial charge in [-0.1, -0.05) is 25.7 Å². The van der Waals surface area contributed by atoms with Gasteiger partial charge in [0.2, 0.25) is 5.91 Å². The lowest BCUT2D eigenvalue weighted by atomic mass is 9.91. The average Bonchev–Trinajstić information content (AvgIpc) is 3.04. The number of nitrogens with zero attached hydrogens (tertiary/aromatic N) is 2. The number of unbranched alkanes of at least 4 members (excludes halogenated alkanes) is 4. The minimum atomic E-state index is -5.19. The van der Waals surface area contributed by atoms with Gasteiger partial charge in [0, 0.05) is 57.1 Å². The highest BCUT2D eigenvalue weighted by molar-refractivity contribution is 5.78. The second kappa shape index (κ2) is 17.8. The largest absolute Gasteiger partial charge is 0.481 e. The number of amides is 1. The van der Waals surface area contributed by atoms with Crippen LogP contribution in [0.3, 0.4) is 0 Å². The number of aliphatic carboxylic acids is 1. The monoisotopic (exact) mass is 777 g/mol. The molecule has 0 spiro atoms. The average molecular weight is 778 g/mol. The fraction of sp³-hybridized carbons (Fsp3) is 0.486. The number of aryl methyl sites for hydroxylation is 2. The fourth-order valence-corrected chi connectivity index (χ4v) is 6.64. The molecule has 8 nitrogen and oxygen atoms in total. The third-order valence-corrected chi connectivity index (χ3v) is 9.50. The molecule has 0 radical (unpaired) electrons. The quantitative estimate of drug-likeness (QED) is 0.102. The number of ether oxygens (including phenoxy) is 1. The maximum absolute atomic E-state index is 15.2. The topological polar surface area (TPSA) is 115 Å². The molecule has 4 rings (SSSR count). The molecule has 17 heteroatoms. The van der Waals surface area contributed by atoms with Crippen LogP contribution >= 0.6 is 0 Å². The third kappa shape index (κ3) is 10.9. The van der Waals surface area contributed by atoms with Gasteiger partial charge in [-0.15, -0.1) is 0 Å². The van der Waals surface area contributed by atoms with E-state index in [-0.39, 0.29) is 48.6 Å². The summed E-state index contributed by atoms with van der Waals surface area (Å²) in [6.07, 6.45) is -8.19. The van der Waals surface area contributed by atoms with Crippen molar-refractivity contribution in [2.45, 2.75) is 88.7 Å². The second-order valence-electron chi connectivity index (χ2n) is 13.4. The number of carboxylic acids is 1. The van der Waals surface area contributed by atoms with Crippen LogP contribution in [0.4, 0.5) is 39.5 Å². The first kappa shape index (κ1) is 42.4. The smallest absolute Gasteiger partial charge is 0.419 e. The minimum Gasteiger partial charge on any atom is -0.481 e. The van der Waals surface area contributed by atoms with Crippen molar-refractivity contribution in [3.63, 3.8) is 0 Å². The van der Waals surface area contributed by atoms with E-state index < -0.39 is 88.4 Å². The molecular weight excluding hydrogens is 737 g/mol. The molecule has 296 valence electrons. The van der Waals surface area contributed by atoms with Gasteiger partial charge in [0.1, 0.15) is 23.5 Å². The zero-order chi connectivity index (χ0) is 40.0. The van der Waals surface area contributed by atoms with E-state index in [0.29, 0.717) is 63.4 Å². The summed E-state index contributed by atoms with van der Waals surface area (Å²) in [4.78, 5) is 38.1. The van der Waals surface area contributed by atoms with Crippen molar-refractivity contribution in [1.29, 1.82) is 0 Å². The molecule has 3 aromatic rings. The Morgan fingerprint density at radius 2 is 1.50 bits per heavy atom. The minimum absolute atomic E-state index is 0.00435. The summed E-state index contributed by atoms with van der Waals surface area (Å²) in [6.45, 7) is 1.38. The van der Waals surface area contributed by atoms with Crippen LogP contribution in [0.5, 0.6) is 0 Å². The summed E-state index contributed by atoms with van der Waals surface area (Å²) in [5.74, 6) is -6.15. The summed E-state index contributed by atoms with van der Waals surface area (Å²) >= 11 is 0. The van der Waals surface area contributed by atoms with Crippen molar-refractivity contribution >= 4 is 11.9 Å². The van der Waals surface area contributed by atoms with Crippen LogP contribution in [-0.2, 0) is 45.9 Å². The molecule has 0 aliphatic carbocycles. The number of likely N-dealkylation sites (tertiary alicyclic amines) is 1. The fourth-order valence-electron chi connectivity index (χ4n) is 6.64. The van der Waals surface area contributed by atoms with Crippen LogP contribution < -0.4 is 11.3 Å². The van der Waals surface area contributed by atoms with Crippen LogP contribution in [0.25, 0.3) is 11.1 Å². The van der Waals surface area contributed by atoms with Gasteiger partial charge in [-0.25, -0.2) is 13.2 Å². The Labute approximate surface area is 304 Å². The molecule has 1 aliphatic heterocycles. The van der Waals surface area contributed by atoms with E-state index in [2.05, 4.69) is 0 Å². The number of pyridine rings is 1. The Bertz CT molecular complexity index is 1870. The predicted octanol–water partition coefficient (Wildman–Crippen LogP) is 7.47. The highest BCUT2D eigenvalue weighted by Gasteiger charge is 2.37. The highest BCUT2D eigenvalue weighted by atomic mass is 19.4. The number of methoxy groups -OCH3 is 1. The molecule has 1 amide bonds. The lowest BCUT2D eigenvalue weighted by molar-refractivity contribution is -0.140. The lowest BCUT2D eigenvalue weighted by Crippen LogP contribution is -2.52. The number of aromatic nitrogens is 1. The SMILES string of the molecule is COC1CN(CCc2cn(C(CCCCCCCc3cc(F)cc(F)c3-c3cc(CCC(=O)O)c(F)c(C(F)(F)F)c3)C(N)=O)c(=O)cc2C(F)(F)F)C1. The summed E-state index contributed by atoms with van der Waals surface area (Å²) < 4.78 is 133. The molecule has 2 heterocycles. The third-order valence-electron chi connectivity index (χ3n) is 9.50. The Kier molecular flexibility index (Phi) is 14.0. The van der Waals surface area contributed by atoms with Gasteiger partial charge in [0.05, 0.1) is 17.2 Å².